The second-order valence-electron chi connectivity index (χ2n) is 7.50. The number of aryl methyl sites for hydroxylation is 2. The number of imide groups is 1. The van der Waals surface area contributed by atoms with Crippen molar-refractivity contribution in [2.75, 3.05) is 17.3 Å². The first kappa shape index (κ1) is 21.7. The Labute approximate surface area is 192 Å². The lowest BCUT2D eigenvalue weighted by molar-refractivity contribution is -0.120. The zero-order valence-corrected chi connectivity index (χ0v) is 18.9. The van der Waals surface area contributed by atoms with Gasteiger partial charge in [-0.25, -0.2) is 4.90 Å². The van der Waals surface area contributed by atoms with E-state index in [1.165, 1.54) is 4.90 Å². The van der Waals surface area contributed by atoms with E-state index in [2.05, 4.69) is 12.2 Å². The highest BCUT2D eigenvalue weighted by molar-refractivity contribution is 6.46. The molecule has 0 spiro atoms. The van der Waals surface area contributed by atoms with Gasteiger partial charge in [-0.1, -0.05) is 48.9 Å². The number of hydrogen-bond donors (Lipinski definition) is 1. The molecular formula is C26H23ClN2O3. The Bertz CT molecular complexity index is 1230. The highest BCUT2D eigenvalue weighted by Gasteiger charge is 2.41. The number of nitrogens with one attached hydrogen (secondary N) is 1. The summed E-state index contributed by atoms with van der Waals surface area (Å²) in [7, 11) is 1.54. The van der Waals surface area contributed by atoms with Crippen molar-refractivity contribution >= 4 is 40.4 Å². The molecule has 1 heterocycles. The molecule has 1 aliphatic heterocycles. The first-order chi connectivity index (χ1) is 15.4. The number of hydrogen-bond acceptors (Lipinski definition) is 4. The molecule has 6 heteroatoms. The van der Waals surface area contributed by atoms with E-state index < -0.39 is 11.8 Å². The zero-order valence-electron chi connectivity index (χ0n) is 18.1. The van der Waals surface area contributed by atoms with Gasteiger partial charge in [0.05, 0.1) is 18.4 Å². The van der Waals surface area contributed by atoms with Crippen molar-refractivity contribution in [2.24, 2.45) is 0 Å². The van der Waals surface area contributed by atoms with Gasteiger partial charge in [-0.3, -0.25) is 9.59 Å². The highest BCUT2D eigenvalue weighted by atomic mass is 35.5. The Kier molecular flexibility index (Phi) is 6.01. The molecule has 0 saturated heterocycles. The van der Waals surface area contributed by atoms with Crippen molar-refractivity contribution in [2.45, 2.75) is 20.3 Å². The number of carbonyl (C=O) groups is 2. The first-order valence-electron chi connectivity index (χ1n) is 10.3. The minimum atomic E-state index is -0.422. The van der Waals surface area contributed by atoms with Crippen molar-refractivity contribution in [1.82, 2.24) is 0 Å². The summed E-state index contributed by atoms with van der Waals surface area (Å²) in [4.78, 5) is 28.4. The third-order valence-electron chi connectivity index (χ3n) is 5.51. The van der Waals surface area contributed by atoms with Gasteiger partial charge >= 0.3 is 0 Å². The fourth-order valence-electron chi connectivity index (χ4n) is 3.76. The third kappa shape index (κ3) is 3.87. The van der Waals surface area contributed by atoms with Crippen LogP contribution in [0, 0.1) is 6.92 Å². The van der Waals surface area contributed by atoms with Crippen LogP contribution in [0.5, 0.6) is 5.75 Å². The second kappa shape index (κ2) is 8.89. The quantitative estimate of drug-likeness (QED) is 0.499. The molecule has 1 N–H and O–H groups in total. The molecule has 0 fully saturated rings. The molecular weight excluding hydrogens is 424 g/mol. The van der Waals surface area contributed by atoms with E-state index >= 15 is 0 Å². The smallest absolute Gasteiger partial charge is 0.282 e. The number of amides is 2. The maximum absolute atomic E-state index is 13.6. The lowest BCUT2D eigenvalue weighted by Gasteiger charge is -2.16. The van der Waals surface area contributed by atoms with E-state index in [0.29, 0.717) is 27.7 Å². The summed E-state index contributed by atoms with van der Waals surface area (Å²) in [5, 5.41) is 3.79. The van der Waals surface area contributed by atoms with Crippen molar-refractivity contribution in [3.05, 3.63) is 94.1 Å². The van der Waals surface area contributed by atoms with Crippen LogP contribution in [0.4, 0.5) is 11.4 Å². The topological polar surface area (TPSA) is 58.6 Å². The van der Waals surface area contributed by atoms with Crippen LogP contribution in [-0.2, 0) is 16.0 Å². The van der Waals surface area contributed by atoms with E-state index in [0.717, 1.165) is 17.5 Å². The van der Waals surface area contributed by atoms with Crippen LogP contribution in [0.2, 0.25) is 5.02 Å². The minimum Gasteiger partial charge on any atom is -0.496 e. The van der Waals surface area contributed by atoms with Crippen molar-refractivity contribution in [3.63, 3.8) is 0 Å². The second-order valence-corrected chi connectivity index (χ2v) is 7.94. The summed E-state index contributed by atoms with van der Waals surface area (Å²) in [6, 6.07) is 20.0. The van der Waals surface area contributed by atoms with Gasteiger partial charge in [-0.2, -0.15) is 0 Å². The molecule has 0 atom stereocenters. The van der Waals surface area contributed by atoms with Gasteiger partial charge in [0.15, 0.2) is 0 Å². The molecule has 0 saturated carbocycles. The van der Waals surface area contributed by atoms with Crippen LogP contribution >= 0.6 is 11.6 Å². The van der Waals surface area contributed by atoms with Crippen LogP contribution < -0.4 is 15.0 Å². The number of halogens is 1. The average Bonchev–Trinajstić information content (AvgIpc) is 3.04. The molecule has 0 aromatic heterocycles. The number of para-hydroxylation sites is 1. The molecule has 0 aliphatic carbocycles. The van der Waals surface area contributed by atoms with E-state index in [4.69, 9.17) is 16.3 Å². The SMILES string of the molecule is CCc1ccc(N2C(=O)C(Nc3ccc(Cl)cc3C)=C(c3ccccc3OC)C2=O)cc1. The Balaban J connectivity index is 1.85. The fourth-order valence-corrected chi connectivity index (χ4v) is 3.99. The van der Waals surface area contributed by atoms with Gasteiger partial charge < -0.3 is 10.1 Å². The Morgan fingerprint density at radius 2 is 1.69 bits per heavy atom. The van der Waals surface area contributed by atoms with Crippen LogP contribution in [-0.4, -0.2) is 18.9 Å². The Hall–Kier alpha value is -3.57. The number of methoxy groups -OCH3 is 1. The molecule has 3 aromatic rings. The molecule has 0 radical (unpaired) electrons. The maximum atomic E-state index is 13.6. The molecule has 3 aromatic carbocycles. The number of ether oxygens (including phenoxy) is 1. The summed E-state index contributed by atoms with van der Waals surface area (Å²) in [5.74, 6) is -0.314. The third-order valence-corrected chi connectivity index (χ3v) is 5.75. The summed E-state index contributed by atoms with van der Waals surface area (Å²) >= 11 is 6.09. The fraction of sp³-hybridized carbons (Fsp3) is 0.154. The summed E-state index contributed by atoms with van der Waals surface area (Å²) < 4.78 is 5.49. The van der Waals surface area contributed by atoms with Crippen LogP contribution in [0.1, 0.15) is 23.6 Å². The highest BCUT2D eigenvalue weighted by Crippen LogP contribution is 2.38. The van der Waals surface area contributed by atoms with Crippen LogP contribution in [0.15, 0.2) is 72.4 Å². The van der Waals surface area contributed by atoms with Gasteiger partial charge in [0.2, 0.25) is 0 Å². The van der Waals surface area contributed by atoms with Crippen LogP contribution in [0.3, 0.4) is 0 Å². The van der Waals surface area contributed by atoms with Crippen molar-refractivity contribution in [1.29, 1.82) is 0 Å². The Morgan fingerprint density at radius 3 is 2.34 bits per heavy atom. The molecule has 0 unspecified atom stereocenters. The number of nitrogens with zero attached hydrogens (tertiary/aromatic N) is 1. The molecule has 4 rings (SSSR count). The van der Waals surface area contributed by atoms with Crippen molar-refractivity contribution < 1.29 is 14.3 Å². The summed E-state index contributed by atoms with van der Waals surface area (Å²) in [5.41, 5.74) is 4.22. The monoisotopic (exact) mass is 446 g/mol. The molecule has 162 valence electrons. The maximum Gasteiger partial charge on any atom is 0.282 e. The molecule has 0 bridgehead atoms. The van der Waals surface area contributed by atoms with E-state index in [-0.39, 0.29) is 11.3 Å². The summed E-state index contributed by atoms with van der Waals surface area (Å²) in [6.07, 6.45) is 0.871. The van der Waals surface area contributed by atoms with E-state index in [1.807, 2.05) is 31.2 Å². The van der Waals surface area contributed by atoms with Gasteiger partial charge in [-0.15, -0.1) is 0 Å². The van der Waals surface area contributed by atoms with Crippen molar-refractivity contribution in [3.8, 4) is 5.75 Å². The van der Waals surface area contributed by atoms with Gasteiger partial charge in [0, 0.05) is 16.3 Å². The zero-order chi connectivity index (χ0) is 22.8. The number of benzene rings is 3. The summed E-state index contributed by atoms with van der Waals surface area (Å²) in [6.45, 7) is 3.94. The molecule has 1 aliphatic rings. The van der Waals surface area contributed by atoms with Gasteiger partial charge in [0.1, 0.15) is 11.4 Å². The van der Waals surface area contributed by atoms with E-state index in [1.54, 1.807) is 49.6 Å². The van der Waals surface area contributed by atoms with Gasteiger partial charge in [0.25, 0.3) is 11.8 Å². The molecule has 2 amide bonds. The normalized spacial score (nSPS) is 13.7. The molecule has 5 nitrogen and oxygen atoms in total. The number of carbonyl (C=O) groups excluding carboxylic acids is 2. The Morgan fingerprint density at radius 1 is 0.969 bits per heavy atom. The molecule has 32 heavy (non-hydrogen) atoms. The van der Waals surface area contributed by atoms with E-state index in [9.17, 15) is 9.59 Å². The first-order valence-corrected chi connectivity index (χ1v) is 10.7. The van der Waals surface area contributed by atoms with Crippen LogP contribution in [0.25, 0.3) is 5.57 Å². The predicted molar refractivity (Wildman–Crippen MR) is 128 cm³/mol. The largest absolute Gasteiger partial charge is 0.496 e. The lowest BCUT2D eigenvalue weighted by atomic mass is 10.0. The predicted octanol–water partition coefficient (Wildman–Crippen LogP) is 5.62. The average molecular weight is 447 g/mol. The number of anilines is 2. The minimum absolute atomic E-state index is 0.199. The lowest BCUT2D eigenvalue weighted by Crippen LogP contribution is -2.32. The number of rotatable bonds is 6. The van der Waals surface area contributed by atoms with Gasteiger partial charge in [-0.05, 0) is 60.9 Å². The standard InChI is InChI=1S/C26H23ClN2O3/c1-4-17-9-12-19(13-10-17)29-25(30)23(20-7-5-6-8-22(20)32-3)24(26(29)31)28-21-14-11-18(27)15-16(21)2/h5-15,28H,4H2,1-3H3.